The van der Waals surface area contributed by atoms with E-state index in [1.54, 1.807) is 0 Å². The van der Waals surface area contributed by atoms with Crippen LogP contribution in [0.2, 0.25) is 0 Å². The molecule has 0 aliphatic rings. The van der Waals surface area contributed by atoms with Gasteiger partial charge in [-0.05, 0) is 0 Å². The van der Waals surface area contributed by atoms with Gasteiger partial charge in [-0.15, -0.1) is 11.3 Å². The molecule has 0 fully saturated rings. The maximum absolute atomic E-state index is 12.3. The molecule has 2 aromatic heterocycles. The lowest BCUT2D eigenvalue weighted by molar-refractivity contribution is -0.137. The van der Waals surface area contributed by atoms with Gasteiger partial charge in [0.05, 0.1) is 4.88 Å². The third-order valence-electron chi connectivity index (χ3n) is 1.70. The van der Waals surface area contributed by atoms with Gasteiger partial charge in [-0.3, -0.25) is 0 Å². The van der Waals surface area contributed by atoms with Gasteiger partial charge in [0.1, 0.15) is 0 Å². The van der Waals surface area contributed by atoms with Crippen molar-refractivity contribution in [3.8, 4) is 10.4 Å². The van der Waals surface area contributed by atoms with Crippen molar-refractivity contribution in [1.29, 1.82) is 0 Å². The van der Waals surface area contributed by atoms with Crippen LogP contribution in [0.15, 0.2) is 18.6 Å². The molecule has 84 valence electrons. The summed E-state index contributed by atoms with van der Waals surface area (Å²) < 4.78 is 36.8. The van der Waals surface area contributed by atoms with Crippen molar-refractivity contribution in [3.63, 3.8) is 0 Å². The number of hydrogen-bond donors (Lipinski definition) is 1. The molecule has 0 saturated heterocycles. The monoisotopic (exact) mass is 246 g/mol. The Bertz CT molecular complexity index is 491. The molecular weight excluding hydrogens is 241 g/mol. The molecule has 0 aliphatic heterocycles. The van der Waals surface area contributed by atoms with Gasteiger partial charge < -0.3 is 5.73 Å². The van der Waals surface area contributed by atoms with Crippen molar-refractivity contribution >= 4 is 17.3 Å². The third-order valence-corrected chi connectivity index (χ3v) is 2.80. The summed E-state index contributed by atoms with van der Waals surface area (Å²) in [4.78, 5) is 11.0. The van der Waals surface area contributed by atoms with Crippen LogP contribution in [0.25, 0.3) is 10.4 Å². The second-order valence-electron chi connectivity index (χ2n) is 2.86. The molecule has 2 N–H and O–H groups in total. The molecule has 0 saturated carbocycles. The Morgan fingerprint density at radius 2 is 1.69 bits per heavy atom. The summed E-state index contributed by atoms with van der Waals surface area (Å²) in [5.41, 5.74) is 5.73. The number of halogens is 3. The van der Waals surface area contributed by atoms with Crippen molar-refractivity contribution in [2.24, 2.45) is 0 Å². The van der Waals surface area contributed by atoms with Crippen LogP contribution in [0.1, 0.15) is 5.01 Å². The van der Waals surface area contributed by atoms with Gasteiger partial charge in [0.15, 0.2) is 5.01 Å². The van der Waals surface area contributed by atoms with E-state index in [9.17, 15) is 13.2 Å². The molecule has 2 rings (SSSR count). The molecule has 0 radical (unpaired) electrons. The standard InChI is InChI=1S/C8H5F3N4S/c9-8(10,11)6-13-3-5(16-6)4-1-14-7(12)15-2-4/h1-3H,(H2,12,14,15). The molecule has 0 aromatic carbocycles. The molecule has 0 amide bonds. The second-order valence-corrected chi connectivity index (χ2v) is 3.89. The van der Waals surface area contributed by atoms with Gasteiger partial charge in [0.25, 0.3) is 0 Å². The first-order valence-electron chi connectivity index (χ1n) is 4.08. The molecule has 0 unspecified atom stereocenters. The van der Waals surface area contributed by atoms with Crippen LogP contribution in [0.4, 0.5) is 19.1 Å². The minimum atomic E-state index is -4.42. The molecule has 2 heterocycles. The predicted molar refractivity (Wildman–Crippen MR) is 52.6 cm³/mol. The zero-order valence-electron chi connectivity index (χ0n) is 7.69. The number of anilines is 1. The lowest BCUT2D eigenvalue weighted by Gasteiger charge is -1.99. The van der Waals surface area contributed by atoms with E-state index in [0.717, 1.165) is 6.20 Å². The van der Waals surface area contributed by atoms with Crippen LogP contribution in [0, 0.1) is 0 Å². The van der Waals surface area contributed by atoms with Gasteiger partial charge in [0.2, 0.25) is 5.95 Å². The highest BCUT2D eigenvalue weighted by atomic mass is 32.1. The van der Waals surface area contributed by atoms with Gasteiger partial charge in [-0.2, -0.15) is 13.2 Å². The van der Waals surface area contributed by atoms with Crippen molar-refractivity contribution in [3.05, 3.63) is 23.6 Å². The summed E-state index contributed by atoms with van der Waals surface area (Å²) >= 11 is 0.542. The highest BCUT2D eigenvalue weighted by Gasteiger charge is 2.34. The first kappa shape index (κ1) is 10.8. The van der Waals surface area contributed by atoms with Crippen LogP contribution < -0.4 is 5.73 Å². The maximum atomic E-state index is 12.3. The van der Waals surface area contributed by atoms with Crippen molar-refractivity contribution in [1.82, 2.24) is 15.0 Å². The van der Waals surface area contributed by atoms with Crippen molar-refractivity contribution in [2.75, 3.05) is 5.73 Å². The number of hydrogen-bond acceptors (Lipinski definition) is 5. The molecule has 8 heteroatoms. The first-order valence-corrected chi connectivity index (χ1v) is 4.89. The quantitative estimate of drug-likeness (QED) is 0.837. The van der Waals surface area contributed by atoms with E-state index < -0.39 is 11.2 Å². The normalized spacial score (nSPS) is 11.7. The number of nitrogen functional groups attached to an aromatic ring is 1. The van der Waals surface area contributed by atoms with Crippen LogP contribution in [0.5, 0.6) is 0 Å². The number of nitrogens with zero attached hydrogens (tertiary/aromatic N) is 3. The zero-order valence-corrected chi connectivity index (χ0v) is 8.51. The predicted octanol–water partition coefficient (Wildman–Crippen LogP) is 2.20. The Labute approximate surface area is 92.0 Å². The number of thiazole rings is 1. The van der Waals surface area contributed by atoms with E-state index in [0.29, 0.717) is 21.8 Å². The number of alkyl halides is 3. The van der Waals surface area contributed by atoms with Gasteiger partial charge >= 0.3 is 6.18 Å². The molecule has 0 spiro atoms. The molecular formula is C8H5F3N4S. The van der Waals surface area contributed by atoms with E-state index in [2.05, 4.69) is 15.0 Å². The van der Waals surface area contributed by atoms with Crippen LogP contribution in [-0.4, -0.2) is 15.0 Å². The summed E-state index contributed by atoms with van der Waals surface area (Å²) in [7, 11) is 0. The van der Waals surface area contributed by atoms with Crippen LogP contribution >= 0.6 is 11.3 Å². The summed E-state index contributed by atoms with van der Waals surface area (Å²) in [5, 5.41) is -0.890. The van der Waals surface area contributed by atoms with Crippen molar-refractivity contribution in [2.45, 2.75) is 6.18 Å². The Hall–Kier alpha value is -1.70. The van der Waals surface area contributed by atoms with Gasteiger partial charge in [0, 0.05) is 24.2 Å². The fourth-order valence-corrected chi connectivity index (χ4v) is 1.76. The van der Waals surface area contributed by atoms with Crippen LogP contribution in [-0.2, 0) is 6.18 Å². The fraction of sp³-hybridized carbons (Fsp3) is 0.125. The summed E-state index contributed by atoms with van der Waals surface area (Å²) in [6.45, 7) is 0. The lowest BCUT2D eigenvalue weighted by Crippen LogP contribution is -2.02. The van der Waals surface area contributed by atoms with Crippen LogP contribution in [0.3, 0.4) is 0 Å². The third kappa shape index (κ3) is 2.11. The minimum Gasteiger partial charge on any atom is -0.368 e. The minimum absolute atomic E-state index is 0.0734. The summed E-state index contributed by atoms with van der Waals surface area (Å²) in [6, 6.07) is 0. The molecule has 0 bridgehead atoms. The highest BCUT2D eigenvalue weighted by molar-refractivity contribution is 7.15. The zero-order chi connectivity index (χ0) is 11.8. The van der Waals surface area contributed by atoms with Gasteiger partial charge in [-0.25, -0.2) is 15.0 Å². The second kappa shape index (κ2) is 3.71. The lowest BCUT2D eigenvalue weighted by atomic mass is 10.3. The average molecular weight is 246 g/mol. The molecule has 4 nitrogen and oxygen atoms in total. The number of aromatic nitrogens is 3. The Morgan fingerprint density at radius 1 is 1.06 bits per heavy atom. The molecule has 0 aliphatic carbocycles. The number of rotatable bonds is 1. The van der Waals surface area contributed by atoms with E-state index in [4.69, 9.17) is 5.73 Å². The fourth-order valence-electron chi connectivity index (χ4n) is 1.00. The van der Waals surface area contributed by atoms with Crippen molar-refractivity contribution < 1.29 is 13.2 Å². The summed E-state index contributed by atoms with van der Waals surface area (Å²) in [6.07, 6.45) is -0.564. The Balaban J connectivity index is 2.35. The largest absolute Gasteiger partial charge is 0.443 e. The average Bonchev–Trinajstić information content (AvgIpc) is 2.67. The molecule has 16 heavy (non-hydrogen) atoms. The van der Waals surface area contributed by atoms with E-state index >= 15 is 0 Å². The van der Waals surface area contributed by atoms with E-state index in [1.165, 1.54) is 12.4 Å². The highest BCUT2D eigenvalue weighted by Crippen LogP contribution is 2.35. The SMILES string of the molecule is Nc1ncc(-c2cnc(C(F)(F)F)s2)cn1. The molecule has 0 atom stereocenters. The van der Waals surface area contributed by atoms with E-state index in [1.807, 2.05) is 0 Å². The van der Waals surface area contributed by atoms with Gasteiger partial charge in [-0.1, -0.05) is 0 Å². The summed E-state index contributed by atoms with van der Waals surface area (Å²) in [5.74, 6) is 0.0734. The molecule has 2 aromatic rings. The van der Waals surface area contributed by atoms with E-state index in [-0.39, 0.29) is 5.95 Å². The Kier molecular flexibility index (Phi) is 2.50. The topological polar surface area (TPSA) is 64.7 Å². The first-order chi connectivity index (χ1) is 7.47. The smallest absolute Gasteiger partial charge is 0.368 e. The number of nitrogens with two attached hydrogens (primary N) is 1. The Morgan fingerprint density at radius 3 is 2.19 bits per heavy atom. The maximum Gasteiger partial charge on any atom is 0.443 e.